The first-order valence-corrected chi connectivity index (χ1v) is 7.17. The zero-order valence-electron chi connectivity index (χ0n) is 12.2. The van der Waals surface area contributed by atoms with Gasteiger partial charge in [0.15, 0.2) is 5.82 Å². The molecule has 1 fully saturated rings. The Bertz CT molecular complexity index is 650. The Hall–Kier alpha value is -2.14. The summed E-state index contributed by atoms with van der Waals surface area (Å²) in [5, 5.41) is 9.99. The maximum atomic E-state index is 12.1. The first-order chi connectivity index (χ1) is 10.1. The molecule has 110 valence electrons. The van der Waals surface area contributed by atoms with Crippen LogP contribution in [0.15, 0.2) is 30.3 Å². The average molecular weight is 285 g/mol. The van der Waals surface area contributed by atoms with E-state index in [0.29, 0.717) is 12.4 Å². The number of aryl methyl sites for hydroxylation is 1. The first-order valence-electron chi connectivity index (χ1n) is 7.17. The Morgan fingerprint density at radius 3 is 2.95 bits per heavy atom. The van der Waals surface area contributed by atoms with Crippen molar-refractivity contribution in [2.75, 3.05) is 11.9 Å². The SMILES string of the molecule is Cc1ccccc1-c1cc(NC(=O)[C@H]2CO[C@@H](C)C2)n[nH]1. The minimum absolute atomic E-state index is 0.0258. The second-order valence-electron chi connectivity index (χ2n) is 5.55. The van der Waals surface area contributed by atoms with Crippen molar-refractivity contribution in [3.05, 3.63) is 35.9 Å². The molecule has 1 aliphatic rings. The Kier molecular flexibility index (Phi) is 3.75. The van der Waals surface area contributed by atoms with E-state index in [0.717, 1.165) is 23.2 Å². The van der Waals surface area contributed by atoms with Gasteiger partial charge < -0.3 is 10.1 Å². The lowest BCUT2D eigenvalue weighted by Gasteiger charge is -2.06. The molecule has 2 N–H and O–H groups in total. The highest BCUT2D eigenvalue weighted by atomic mass is 16.5. The number of nitrogens with one attached hydrogen (secondary N) is 2. The van der Waals surface area contributed by atoms with E-state index in [1.807, 2.05) is 44.2 Å². The van der Waals surface area contributed by atoms with Gasteiger partial charge in [0.1, 0.15) is 0 Å². The number of aromatic nitrogens is 2. The van der Waals surface area contributed by atoms with E-state index in [2.05, 4.69) is 15.5 Å². The third kappa shape index (κ3) is 2.97. The van der Waals surface area contributed by atoms with Crippen LogP contribution in [0.4, 0.5) is 5.82 Å². The molecule has 1 saturated heterocycles. The average Bonchev–Trinajstić information content (AvgIpc) is 3.08. The lowest BCUT2D eigenvalue weighted by Crippen LogP contribution is -2.23. The van der Waals surface area contributed by atoms with E-state index < -0.39 is 0 Å². The molecule has 0 saturated carbocycles. The summed E-state index contributed by atoms with van der Waals surface area (Å²) in [6, 6.07) is 9.92. The highest BCUT2D eigenvalue weighted by Crippen LogP contribution is 2.24. The first kappa shape index (κ1) is 13.8. The number of amides is 1. The van der Waals surface area contributed by atoms with Crippen LogP contribution in [0.25, 0.3) is 11.3 Å². The van der Waals surface area contributed by atoms with Gasteiger partial charge in [0.25, 0.3) is 0 Å². The van der Waals surface area contributed by atoms with Gasteiger partial charge in [-0.05, 0) is 25.8 Å². The van der Waals surface area contributed by atoms with Gasteiger partial charge in [-0.3, -0.25) is 9.89 Å². The molecule has 5 heteroatoms. The molecule has 1 aromatic heterocycles. The molecular weight excluding hydrogens is 266 g/mol. The van der Waals surface area contributed by atoms with Crippen LogP contribution in [0.2, 0.25) is 0 Å². The highest BCUT2D eigenvalue weighted by Gasteiger charge is 2.28. The van der Waals surface area contributed by atoms with Gasteiger partial charge >= 0.3 is 0 Å². The van der Waals surface area contributed by atoms with Crippen LogP contribution in [0.3, 0.4) is 0 Å². The standard InChI is InChI=1S/C16H19N3O2/c1-10-5-3-4-6-13(10)14-8-15(19-18-14)17-16(20)12-7-11(2)21-9-12/h3-6,8,11-12H,7,9H2,1-2H3,(H2,17,18,19,20)/t11-,12+/m0/s1. The van der Waals surface area contributed by atoms with Crippen molar-refractivity contribution in [2.45, 2.75) is 26.4 Å². The van der Waals surface area contributed by atoms with E-state index in [-0.39, 0.29) is 17.9 Å². The van der Waals surface area contributed by atoms with Crippen molar-refractivity contribution in [1.82, 2.24) is 10.2 Å². The van der Waals surface area contributed by atoms with Crippen LogP contribution in [-0.4, -0.2) is 28.8 Å². The molecule has 2 heterocycles. The van der Waals surface area contributed by atoms with Gasteiger partial charge in [-0.15, -0.1) is 0 Å². The van der Waals surface area contributed by atoms with Crippen molar-refractivity contribution >= 4 is 11.7 Å². The zero-order valence-corrected chi connectivity index (χ0v) is 12.2. The lowest BCUT2D eigenvalue weighted by atomic mass is 10.1. The number of aromatic amines is 1. The molecule has 3 rings (SSSR count). The molecule has 0 unspecified atom stereocenters. The quantitative estimate of drug-likeness (QED) is 0.911. The largest absolute Gasteiger partial charge is 0.378 e. The van der Waals surface area contributed by atoms with E-state index in [1.54, 1.807) is 0 Å². The summed E-state index contributed by atoms with van der Waals surface area (Å²) < 4.78 is 5.43. The maximum absolute atomic E-state index is 12.1. The van der Waals surface area contributed by atoms with Crippen LogP contribution >= 0.6 is 0 Å². The summed E-state index contributed by atoms with van der Waals surface area (Å²) >= 11 is 0. The van der Waals surface area contributed by atoms with Gasteiger partial charge in [0.2, 0.25) is 5.91 Å². The van der Waals surface area contributed by atoms with E-state index in [4.69, 9.17) is 4.74 Å². The fourth-order valence-corrected chi connectivity index (χ4v) is 2.63. The molecule has 1 aliphatic heterocycles. The van der Waals surface area contributed by atoms with E-state index in [1.165, 1.54) is 0 Å². The number of ether oxygens (including phenoxy) is 1. The number of nitrogens with zero attached hydrogens (tertiary/aromatic N) is 1. The fraction of sp³-hybridized carbons (Fsp3) is 0.375. The van der Waals surface area contributed by atoms with Gasteiger partial charge in [-0.2, -0.15) is 5.10 Å². The number of hydrogen-bond acceptors (Lipinski definition) is 3. The van der Waals surface area contributed by atoms with Crippen LogP contribution < -0.4 is 5.32 Å². The van der Waals surface area contributed by atoms with Crippen molar-refractivity contribution in [3.8, 4) is 11.3 Å². The molecule has 1 amide bonds. The second-order valence-corrected chi connectivity index (χ2v) is 5.55. The van der Waals surface area contributed by atoms with Gasteiger partial charge in [0.05, 0.1) is 24.3 Å². The molecule has 0 aliphatic carbocycles. The minimum atomic E-state index is -0.0846. The van der Waals surface area contributed by atoms with Crippen molar-refractivity contribution in [3.63, 3.8) is 0 Å². The number of carbonyl (C=O) groups is 1. The fourth-order valence-electron chi connectivity index (χ4n) is 2.63. The number of H-pyrrole nitrogens is 1. The Morgan fingerprint density at radius 2 is 2.24 bits per heavy atom. The van der Waals surface area contributed by atoms with Crippen molar-refractivity contribution < 1.29 is 9.53 Å². The summed E-state index contributed by atoms with van der Waals surface area (Å²) in [7, 11) is 0. The Morgan fingerprint density at radius 1 is 1.43 bits per heavy atom. The van der Waals surface area contributed by atoms with Crippen LogP contribution in [-0.2, 0) is 9.53 Å². The second kappa shape index (κ2) is 5.69. The van der Waals surface area contributed by atoms with E-state index in [9.17, 15) is 4.79 Å². The van der Waals surface area contributed by atoms with Crippen LogP contribution in [0, 0.1) is 12.8 Å². The lowest BCUT2D eigenvalue weighted by molar-refractivity contribution is -0.119. The van der Waals surface area contributed by atoms with Gasteiger partial charge in [0, 0.05) is 11.6 Å². The topological polar surface area (TPSA) is 67.0 Å². The van der Waals surface area contributed by atoms with E-state index >= 15 is 0 Å². The number of rotatable bonds is 3. The summed E-state index contributed by atoms with van der Waals surface area (Å²) in [6.45, 7) is 4.52. The third-order valence-electron chi connectivity index (χ3n) is 3.83. The molecule has 5 nitrogen and oxygen atoms in total. The number of benzene rings is 1. The number of anilines is 1. The molecule has 0 spiro atoms. The third-order valence-corrected chi connectivity index (χ3v) is 3.83. The molecule has 21 heavy (non-hydrogen) atoms. The predicted octanol–water partition coefficient (Wildman–Crippen LogP) is 2.75. The predicted molar refractivity (Wildman–Crippen MR) is 80.9 cm³/mol. The monoisotopic (exact) mass is 285 g/mol. The molecule has 0 radical (unpaired) electrons. The Labute approximate surface area is 123 Å². The normalized spacial score (nSPS) is 21.4. The molecule has 0 bridgehead atoms. The minimum Gasteiger partial charge on any atom is -0.378 e. The summed E-state index contributed by atoms with van der Waals surface area (Å²) in [5.41, 5.74) is 3.15. The van der Waals surface area contributed by atoms with Crippen molar-refractivity contribution in [2.24, 2.45) is 5.92 Å². The zero-order chi connectivity index (χ0) is 14.8. The van der Waals surface area contributed by atoms with Gasteiger partial charge in [-0.1, -0.05) is 24.3 Å². The summed E-state index contributed by atoms with van der Waals surface area (Å²) in [6.07, 6.45) is 0.920. The summed E-state index contributed by atoms with van der Waals surface area (Å²) in [5.74, 6) is 0.443. The summed E-state index contributed by atoms with van der Waals surface area (Å²) in [4.78, 5) is 12.1. The number of hydrogen-bond donors (Lipinski definition) is 2. The van der Waals surface area contributed by atoms with Gasteiger partial charge in [-0.25, -0.2) is 0 Å². The van der Waals surface area contributed by atoms with Crippen LogP contribution in [0.1, 0.15) is 18.9 Å². The maximum Gasteiger partial charge on any atom is 0.231 e. The molecule has 2 aromatic rings. The highest BCUT2D eigenvalue weighted by molar-refractivity contribution is 5.92. The van der Waals surface area contributed by atoms with Crippen molar-refractivity contribution in [1.29, 1.82) is 0 Å². The Balaban J connectivity index is 1.71. The smallest absolute Gasteiger partial charge is 0.231 e. The van der Waals surface area contributed by atoms with Crippen LogP contribution in [0.5, 0.6) is 0 Å². The number of carbonyl (C=O) groups excluding carboxylic acids is 1. The molecule has 2 atom stereocenters. The molecule has 1 aromatic carbocycles. The molecular formula is C16H19N3O2.